The molecule has 0 atom stereocenters. The third-order valence-electron chi connectivity index (χ3n) is 3.81. The van der Waals surface area contributed by atoms with Gasteiger partial charge in [0.05, 0.1) is 5.92 Å². The summed E-state index contributed by atoms with van der Waals surface area (Å²) in [6.07, 6.45) is 2.94. The number of amides is 1. The Morgan fingerprint density at radius 3 is 2.23 bits per heavy atom. The van der Waals surface area contributed by atoms with Crippen molar-refractivity contribution >= 4 is 17.6 Å². The lowest BCUT2D eigenvalue weighted by molar-refractivity contribution is -0.141. The molecule has 1 N–H and O–H groups in total. The van der Waals surface area contributed by atoms with E-state index in [1.807, 2.05) is 18.2 Å². The molecule has 0 bridgehead atoms. The SMILES string of the molecule is O=C(Nc1ccc(OC(=O)C2CCC2)cc1)c1ccccc1. The molecular formula is C18H17NO3. The number of carbonyl (C=O) groups is 2. The van der Waals surface area contributed by atoms with Gasteiger partial charge in [-0.25, -0.2) is 0 Å². The number of ether oxygens (including phenoxy) is 1. The quantitative estimate of drug-likeness (QED) is 0.692. The molecule has 1 fully saturated rings. The lowest BCUT2D eigenvalue weighted by Crippen LogP contribution is -2.26. The Hall–Kier alpha value is -2.62. The van der Waals surface area contributed by atoms with Gasteiger partial charge in [-0.15, -0.1) is 0 Å². The second-order valence-corrected chi connectivity index (χ2v) is 5.39. The van der Waals surface area contributed by atoms with E-state index in [1.54, 1.807) is 36.4 Å². The van der Waals surface area contributed by atoms with Gasteiger partial charge in [0.2, 0.25) is 0 Å². The molecule has 0 saturated heterocycles. The Morgan fingerprint density at radius 2 is 1.64 bits per heavy atom. The van der Waals surface area contributed by atoms with Crippen molar-refractivity contribution in [1.29, 1.82) is 0 Å². The molecule has 0 spiro atoms. The van der Waals surface area contributed by atoms with Crippen LogP contribution in [0.5, 0.6) is 5.75 Å². The van der Waals surface area contributed by atoms with E-state index in [1.165, 1.54) is 0 Å². The minimum atomic E-state index is -0.167. The normalized spacial score (nSPS) is 14.0. The summed E-state index contributed by atoms with van der Waals surface area (Å²) in [6, 6.07) is 15.8. The maximum atomic E-state index is 12.0. The number of esters is 1. The Morgan fingerprint density at radius 1 is 0.955 bits per heavy atom. The van der Waals surface area contributed by atoms with Gasteiger partial charge in [-0.2, -0.15) is 0 Å². The van der Waals surface area contributed by atoms with E-state index in [2.05, 4.69) is 5.32 Å². The highest BCUT2D eigenvalue weighted by molar-refractivity contribution is 6.04. The molecule has 4 heteroatoms. The van der Waals surface area contributed by atoms with Gasteiger partial charge >= 0.3 is 5.97 Å². The number of carbonyl (C=O) groups excluding carboxylic acids is 2. The largest absolute Gasteiger partial charge is 0.426 e. The first-order valence-electron chi connectivity index (χ1n) is 7.40. The van der Waals surface area contributed by atoms with Gasteiger partial charge in [0, 0.05) is 11.3 Å². The molecule has 0 aromatic heterocycles. The summed E-state index contributed by atoms with van der Waals surface area (Å²) in [6.45, 7) is 0. The monoisotopic (exact) mass is 295 g/mol. The minimum Gasteiger partial charge on any atom is -0.426 e. The van der Waals surface area contributed by atoms with Crippen LogP contribution in [0.2, 0.25) is 0 Å². The fourth-order valence-corrected chi connectivity index (χ4v) is 2.24. The molecule has 112 valence electrons. The zero-order valence-corrected chi connectivity index (χ0v) is 12.1. The van der Waals surface area contributed by atoms with Crippen LogP contribution in [-0.4, -0.2) is 11.9 Å². The molecule has 0 aliphatic heterocycles. The molecule has 1 aliphatic carbocycles. The van der Waals surface area contributed by atoms with Crippen molar-refractivity contribution in [3.05, 3.63) is 60.2 Å². The molecule has 2 aromatic carbocycles. The Labute approximate surface area is 129 Å². The Balaban J connectivity index is 1.59. The van der Waals surface area contributed by atoms with Crippen LogP contribution in [0.3, 0.4) is 0 Å². The van der Waals surface area contributed by atoms with Crippen molar-refractivity contribution in [2.45, 2.75) is 19.3 Å². The summed E-state index contributed by atoms with van der Waals surface area (Å²) < 4.78 is 5.31. The number of anilines is 1. The van der Waals surface area contributed by atoms with Gasteiger partial charge in [-0.3, -0.25) is 9.59 Å². The van der Waals surface area contributed by atoms with Crippen LogP contribution in [0.25, 0.3) is 0 Å². The summed E-state index contributed by atoms with van der Waals surface area (Å²) in [5, 5.41) is 2.80. The van der Waals surface area contributed by atoms with Crippen LogP contribution < -0.4 is 10.1 Å². The van der Waals surface area contributed by atoms with E-state index in [4.69, 9.17) is 4.74 Å². The molecule has 1 amide bonds. The number of rotatable bonds is 4. The van der Waals surface area contributed by atoms with E-state index in [9.17, 15) is 9.59 Å². The molecule has 22 heavy (non-hydrogen) atoms. The fraction of sp³-hybridized carbons (Fsp3) is 0.222. The smallest absolute Gasteiger partial charge is 0.314 e. The van der Waals surface area contributed by atoms with Crippen molar-refractivity contribution < 1.29 is 14.3 Å². The molecule has 0 radical (unpaired) electrons. The van der Waals surface area contributed by atoms with Gasteiger partial charge in [0.25, 0.3) is 5.91 Å². The van der Waals surface area contributed by atoms with Gasteiger partial charge in [-0.1, -0.05) is 24.6 Å². The van der Waals surface area contributed by atoms with Crippen molar-refractivity contribution in [3.8, 4) is 5.75 Å². The summed E-state index contributed by atoms with van der Waals surface area (Å²) >= 11 is 0. The Kier molecular flexibility index (Phi) is 4.19. The van der Waals surface area contributed by atoms with Crippen LogP contribution in [0.4, 0.5) is 5.69 Å². The highest BCUT2D eigenvalue weighted by Crippen LogP contribution is 2.28. The number of benzene rings is 2. The van der Waals surface area contributed by atoms with Gasteiger partial charge in [0.1, 0.15) is 5.75 Å². The van der Waals surface area contributed by atoms with E-state index < -0.39 is 0 Å². The summed E-state index contributed by atoms with van der Waals surface area (Å²) in [7, 11) is 0. The molecule has 1 aliphatic rings. The van der Waals surface area contributed by atoms with Crippen LogP contribution >= 0.6 is 0 Å². The van der Waals surface area contributed by atoms with Crippen LogP contribution in [0.1, 0.15) is 29.6 Å². The lowest BCUT2D eigenvalue weighted by atomic mass is 9.86. The van der Waals surface area contributed by atoms with Crippen molar-refractivity contribution in [3.63, 3.8) is 0 Å². The van der Waals surface area contributed by atoms with E-state index >= 15 is 0 Å². The Bertz CT molecular complexity index is 660. The third kappa shape index (κ3) is 3.34. The highest BCUT2D eigenvalue weighted by atomic mass is 16.5. The topological polar surface area (TPSA) is 55.4 Å². The molecule has 3 rings (SSSR count). The highest BCUT2D eigenvalue weighted by Gasteiger charge is 2.27. The summed E-state index contributed by atoms with van der Waals surface area (Å²) in [4.78, 5) is 23.8. The number of nitrogens with one attached hydrogen (secondary N) is 1. The maximum absolute atomic E-state index is 12.0. The molecular weight excluding hydrogens is 278 g/mol. The first-order valence-corrected chi connectivity index (χ1v) is 7.40. The van der Waals surface area contributed by atoms with Crippen LogP contribution in [0.15, 0.2) is 54.6 Å². The fourth-order valence-electron chi connectivity index (χ4n) is 2.24. The molecule has 0 heterocycles. The zero-order valence-electron chi connectivity index (χ0n) is 12.1. The molecule has 0 unspecified atom stereocenters. The van der Waals surface area contributed by atoms with E-state index in [0.717, 1.165) is 19.3 Å². The second kappa shape index (κ2) is 6.43. The maximum Gasteiger partial charge on any atom is 0.314 e. The third-order valence-corrected chi connectivity index (χ3v) is 3.81. The molecule has 1 saturated carbocycles. The van der Waals surface area contributed by atoms with E-state index in [-0.39, 0.29) is 17.8 Å². The van der Waals surface area contributed by atoms with Crippen LogP contribution in [-0.2, 0) is 4.79 Å². The minimum absolute atomic E-state index is 0.0532. The van der Waals surface area contributed by atoms with E-state index in [0.29, 0.717) is 17.0 Å². The standard InChI is InChI=1S/C18H17NO3/c20-17(13-5-2-1-3-6-13)19-15-9-11-16(12-10-15)22-18(21)14-7-4-8-14/h1-3,5-6,9-12,14H,4,7-8H2,(H,19,20). The summed E-state index contributed by atoms with van der Waals surface area (Å²) in [5.41, 5.74) is 1.26. The van der Waals surface area contributed by atoms with Crippen LogP contribution in [0, 0.1) is 5.92 Å². The predicted octanol–water partition coefficient (Wildman–Crippen LogP) is 3.64. The van der Waals surface area contributed by atoms with Gasteiger partial charge in [-0.05, 0) is 49.2 Å². The molecule has 2 aromatic rings. The number of hydrogen-bond acceptors (Lipinski definition) is 3. The van der Waals surface area contributed by atoms with Crippen molar-refractivity contribution in [1.82, 2.24) is 0 Å². The average Bonchev–Trinajstić information content (AvgIpc) is 2.48. The van der Waals surface area contributed by atoms with Crippen molar-refractivity contribution in [2.24, 2.45) is 5.92 Å². The average molecular weight is 295 g/mol. The molecule has 4 nitrogen and oxygen atoms in total. The second-order valence-electron chi connectivity index (χ2n) is 5.39. The summed E-state index contributed by atoms with van der Waals surface area (Å²) in [5.74, 6) is 0.235. The first-order chi connectivity index (χ1) is 10.7. The predicted molar refractivity (Wildman–Crippen MR) is 83.8 cm³/mol. The lowest BCUT2D eigenvalue weighted by Gasteiger charge is -2.22. The van der Waals surface area contributed by atoms with Gasteiger partial charge < -0.3 is 10.1 Å². The van der Waals surface area contributed by atoms with Gasteiger partial charge in [0.15, 0.2) is 0 Å². The zero-order chi connectivity index (χ0) is 15.4. The first kappa shape index (κ1) is 14.3. The number of hydrogen-bond donors (Lipinski definition) is 1. The van der Waals surface area contributed by atoms with Crippen molar-refractivity contribution in [2.75, 3.05) is 5.32 Å².